The SMILES string of the molecule is FC(F)(F)Oc1ccc(-n2c(-c3ccc(Cl)c(Cl)c3)cnc2SC2CCCC2)cc1. The Balaban J connectivity index is 1.74. The van der Waals surface area contributed by atoms with Gasteiger partial charge in [0.15, 0.2) is 5.16 Å². The van der Waals surface area contributed by atoms with Crippen molar-refractivity contribution in [2.24, 2.45) is 0 Å². The van der Waals surface area contributed by atoms with E-state index in [0.717, 1.165) is 29.3 Å². The first-order valence-electron chi connectivity index (χ1n) is 9.36. The average molecular weight is 473 g/mol. The van der Waals surface area contributed by atoms with Crippen LogP contribution in [0.1, 0.15) is 25.7 Å². The van der Waals surface area contributed by atoms with Crippen molar-refractivity contribution in [2.75, 3.05) is 0 Å². The molecule has 1 saturated carbocycles. The van der Waals surface area contributed by atoms with E-state index in [9.17, 15) is 13.2 Å². The second kappa shape index (κ2) is 8.73. The maximum atomic E-state index is 12.5. The number of imidazole rings is 1. The second-order valence-electron chi connectivity index (χ2n) is 6.96. The van der Waals surface area contributed by atoms with Crippen LogP contribution in [0.5, 0.6) is 5.75 Å². The summed E-state index contributed by atoms with van der Waals surface area (Å²) in [6.07, 6.45) is 1.65. The largest absolute Gasteiger partial charge is 0.573 e. The molecule has 0 N–H and O–H groups in total. The zero-order chi connectivity index (χ0) is 21.3. The Morgan fingerprint density at radius 1 is 1.00 bits per heavy atom. The summed E-state index contributed by atoms with van der Waals surface area (Å²) in [5.74, 6) is -0.271. The Morgan fingerprint density at radius 2 is 1.70 bits per heavy atom. The fourth-order valence-electron chi connectivity index (χ4n) is 3.48. The van der Waals surface area contributed by atoms with Crippen LogP contribution in [0.3, 0.4) is 0 Å². The van der Waals surface area contributed by atoms with E-state index in [1.54, 1.807) is 42.2 Å². The number of benzene rings is 2. The van der Waals surface area contributed by atoms with Crippen molar-refractivity contribution < 1.29 is 17.9 Å². The summed E-state index contributed by atoms with van der Waals surface area (Å²) in [7, 11) is 0. The first-order valence-corrected chi connectivity index (χ1v) is 11.0. The molecule has 0 bridgehead atoms. The van der Waals surface area contributed by atoms with Gasteiger partial charge in [0.05, 0.1) is 21.9 Å². The van der Waals surface area contributed by atoms with Gasteiger partial charge in [-0.25, -0.2) is 4.98 Å². The summed E-state index contributed by atoms with van der Waals surface area (Å²) < 4.78 is 43.4. The fraction of sp³-hybridized carbons (Fsp3) is 0.286. The number of nitrogens with zero attached hydrogens (tertiary/aromatic N) is 2. The van der Waals surface area contributed by atoms with Crippen molar-refractivity contribution >= 4 is 35.0 Å². The van der Waals surface area contributed by atoms with Gasteiger partial charge in [0.1, 0.15) is 5.75 Å². The fourth-order valence-corrected chi connectivity index (χ4v) is 5.07. The predicted molar refractivity (Wildman–Crippen MR) is 114 cm³/mol. The first kappa shape index (κ1) is 21.4. The minimum atomic E-state index is -4.73. The highest BCUT2D eigenvalue weighted by atomic mass is 35.5. The summed E-state index contributed by atoms with van der Waals surface area (Å²) in [5, 5.41) is 2.12. The molecule has 1 aliphatic rings. The van der Waals surface area contributed by atoms with E-state index in [0.29, 0.717) is 21.0 Å². The van der Waals surface area contributed by atoms with Crippen LogP contribution in [0.4, 0.5) is 13.2 Å². The van der Waals surface area contributed by atoms with E-state index < -0.39 is 6.36 Å². The van der Waals surface area contributed by atoms with Crippen molar-refractivity contribution in [3.8, 4) is 22.7 Å². The molecule has 0 saturated heterocycles. The van der Waals surface area contributed by atoms with Gasteiger partial charge in [-0.3, -0.25) is 4.57 Å². The Morgan fingerprint density at radius 3 is 2.33 bits per heavy atom. The van der Waals surface area contributed by atoms with Crippen molar-refractivity contribution in [1.29, 1.82) is 0 Å². The maximum Gasteiger partial charge on any atom is 0.573 e. The highest BCUT2D eigenvalue weighted by Gasteiger charge is 2.31. The maximum absolute atomic E-state index is 12.5. The minimum absolute atomic E-state index is 0.271. The third-order valence-electron chi connectivity index (χ3n) is 4.85. The second-order valence-corrected chi connectivity index (χ2v) is 9.04. The van der Waals surface area contributed by atoms with Gasteiger partial charge in [-0.05, 0) is 49.2 Å². The van der Waals surface area contributed by atoms with Crippen LogP contribution in [-0.4, -0.2) is 21.2 Å². The smallest absolute Gasteiger partial charge is 0.406 e. The monoisotopic (exact) mass is 472 g/mol. The molecular formula is C21H17Cl2F3N2OS. The van der Waals surface area contributed by atoms with Crippen LogP contribution in [-0.2, 0) is 0 Å². The van der Waals surface area contributed by atoms with Crippen LogP contribution >= 0.6 is 35.0 Å². The van der Waals surface area contributed by atoms with Crippen LogP contribution in [0.25, 0.3) is 16.9 Å². The van der Waals surface area contributed by atoms with Crippen LogP contribution in [0, 0.1) is 0 Å². The van der Waals surface area contributed by atoms with Gasteiger partial charge in [-0.1, -0.05) is 53.9 Å². The number of rotatable bonds is 5. The molecule has 30 heavy (non-hydrogen) atoms. The van der Waals surface area contributed by atoms with Gasteiger partial charge in [-0.2, -0.15) is 0 Å². The summed E-state index contributed by atoms with van der Waals surface area (Å²) in [4.78, 5) is 4.60. The van der Waals surface area contributed by atoms with Crippen molar-refractivity contribution in [3.05, 3.63) is 58.7 Å². The topological polar surface area (TPSA) is 27.1 Å². The van der Waals surface area contributed by atoms with E-state index in [1.165, 1.54) is 25.0 Å². The molecule has 0 radical (unpaired) electrons. The molecule has 0 unspecified atom stereocenters. The number of ether oxygens (including phenoxy) is 1. The minimum Gasteiger partial charge on any atom is -0.406 e. The first-order chi connectivity index (χ1) is 14.3. The summed E-state index contributed by atoms with van der Waals surface area (Å²) in [5.41, 5.74) is 2.27. The van der Waals surface area contributed by atoms with Crippen molar-refractivity contribution in [3.63, 3.8) is 0 Å². The van der Waals surface area contributed by atoms with Crippen molar-refractivity contribution in [1.82, 2.24) is 9.55 Å². The van der Waals surface area contributed by atoms with Gasteiger partial charge in [0.25, 0.3) is 0 Å². The zero-order valence-electron chi connectivity index (χ0n) is 15.6. The molecule has 3 nitrogen and oxygen atoms in total. The van der Waals surface area contributed by atoms with Crippen LogP contribution in [0.15, 0.2) is 53.8 Å². The van der Waals surface area contributed by atoms with E-state index in [-0.39, 0.29) is 5.75 Å². The number of halogens is 5. The summed E-state index contributed by atoms with van der Waals surface area (Å²) in [6.45, 7) is 0. The summed E-state index contributed by atoms with van der Waals surface area (Å²) >= 11 is 13.9. The van der Waals surface area contributed by atoms with Gasteiger partial charge in [-0.15, -0.1) is 13.2 Å². The Hall–Kier alpha value is -1.83. The molecule has 1 fully saturated rings. The number of hydrogen-bond donors (Lipinski definition) is 0. The van der Waals surface area contributed by atoms with Gasteiger partial charge < -0.3 is 4.74 Å². The quantitative estimate of drug-likeness (QED) is 0.379. The Bertz CT molecular complexity index is 1030. The molecule has 0 amide bonds. The lowest BCUT2D eigenvalue weighted by molar-refractivity contribution is -0.274. The van der Waals surface area contributed by atoms with Crippen LogP contribution in [0.2, 0.25) is 10.0 Å². The van der Waals surface area contributed by atoms with Gasteiger partial charge in [0, 0.05) is 16.5 Å². The molecule has 158 valence electrons. The molecule has 0 atom stereocenters. The van der Waals surface area contributed by atoms with Crippen molar-refractivity contribution in [2.45, 2.75) is 42.5 Å². The number of hydrogen-bond acceptors (Lipinski definition) is 3. The van der Waals surface area contributed by atoms with E-state index in [1.807, 2.05) is 10.6 Å². The molecule has 1 aromatic heterocycles. The molecule has 2 aromatic carbocycles. The van der Waals surface area contributed by atoms with E-state index in [4.69, 9.17) is 23.2 Å². The molecule has 1 aliphatic carbocycles. The number of alkyl halides is 3. The number of aromatic nitrogens is 2. The Labute approximate surface area is 186 Å². The summed E-state index contributed by atoms with van der Waals surface area (Å²) in [6, 6.07) is 11.1. The lowest BCUT2D eigenvalue weighted by Crippen LogP contribution is -2.17. The predicted octanol–water partition coefficient (Wildman–Crippen LogP) is 7.78. The lowest BCUT2D eigenvalue weighted by Gasteiger charge is -2.15. The molecule has 3 aromatic rings. The van der Waals surface area contributed by atoms with Crippen LogP contribution < -0.4 is 4.74 Å². The van der Waals surface area contributed by atoms with E-state index in [2.05, 4.69) is 9.72 Å². The van der Waals surface area contributed by atoms with Gasteiger partial charge in [0.2, 0.25) is 0 Å². The molecule has 0 aliphatic heterocycles. The highest BCUT2D eigenvalue weighted by molar-refractivity contribution is 7.99. The molecule has 0 spiro atoms. The average Bonchev–Trinajstić information content (AvgIpc) is 3.34. The molecule has 1 heterocycles. The Kier molecular flexibility index (Phi) is 6.23. The third kappa shape index (κ3) is 4.90. The normalized spacial score (nSPS) is 15.0. The standard InChI is InChI=1S/C21H17Cl2F3N2OS/c22-17-10-5-13(11-18(17)23)19-12-27-20(30-16-3-1-2-4-16)28(19)14-6-8-15(9-7-14)29-21(24,25)26/h5-12,16H,1-4H2. The molecule has 4 rings (SSSR count). The van der Waals surface area contributed by atoms with E-state index >= 15 is 0 Å². The third-order valence-corrected chi connectivity index (χ3v) is 6.89. The highest BCUT2D eigenvalue weighted by Crippen LogP contribution is 2.38. The number of thioether (sulfide) groups is 1. The zero-order valence-corrected chi connectivity index (χ0v) is 18.0. The lowest BCUT2D eigenvalue weighted by atomic mass is 10.1. The van der Waals surface area contributed by atoms with Gasteiger partial charge >= 0.3 is 6.36 Å². The molecule has 9 heteroatoms. The molecular weight excluding hydrogens is 456 g/mol.